The third kappa shape index (κ3) is 2.97. The fourth-order valence-electron chi connectivity index (χ4n) is 2.29. The average molecular weight is 318 g/mol. The van der Waals surface area contributed by atoms with E-state index in [1.807, 2.05) is 25.1 Å². The molecule has 0 saturated heterocycles. The van der Waals surface area contributed by atoms with Crippen LogP contribution in [0.25, 0.3) is 11.0 Å². The topological polar surface area (TPSA) is 42.2 Å². The van der Waals surface area contributed by atoms with Crippen LogP contribution < -0.4 is 5.32 Å². The molecule has 0 unspecified atom stereocenters. The maximum Gasteiger partial charge on any atom is 0.229 e. The summed E-state index contributed by atoms with van der Waals surface area (Å²) in [4.78, 5) is 12.1. The summed E-state index contributed by atoms with van der Waals surface area (Å²) in [7, 11) is 0. The number of rotatable bonds is 3. The Balaban J connectivity index is 1.80. The van der Waals surface area contributed by atoms with Crippen LogP contribution in [-0.4, -0.2) is 5.91 Å². The van der Waals surface area contributed by atoms with E-state index >= 15 is 0 Å². The van der Waals surface area contributed by atoms with E-state index in [-0.39, 0.29) is 18.0 Å². The van der Waals surface area contributed by atoms with E-state index in [9.17, 15) is 9.18 Å². The number of furan rings is 1. The number of benzene rings is 2. The van der Waals surface area contributed by atoms with Gasteiger partial charge in [0.1, 0.15) is 11.4 Å². The van der Waals surface area contributed by atoms with E-state index in [1.54, 1.807) is 6.26 Å². The van der Waals surface area contributed by atoms with Crippen LogP contribution in [-0.2, 0) is 11.2 Å². The first-order chi connectivity index (χ1) is 10.5. The van der Waals surface area contributed by atoms with Gasteiger partial charge in [0.15, 0.2) is 0 Å². The zero-order valence-corrected chi connectivity index (χ0v) is 12.6. The number of amides is 1. The van der Waals surface area contributed by atoms with Crippen molar-refractivity contribution in [3.05, 3.63) is 64.6 Å². The average Bonchev–Trinajstić information content (AvgIpc) is 2.85. The molecule has 0 radical (unpaired) electrons. The molecule has 112 valence electrons. The zero-order valence-electron chi connectivity index (χ0n) is 11.8. The van der Waals surface area contributed by atoms with Gasteiger partial charge in [0.25, 0.3) is 0 Å². The number of hydrogen-bond acceptors (Lipinski definition) is 2. The van der Waals surface area contributed by atoms with E-state index in [0.717, 1.165) is 22.1 Å². The van der Waals surface area contributed by atoms with Crippen LogP contribution in [0.15, 0.2) is 47.1 Å². The van der Waals surface area contributed by atoms with Gasteiger partial charge in [0, 0.05) is 16.0 Å². The standard InChI is InChI=1S/C17H13ClFNO2/c1-10-2-4-13-11(9-22-16(13)6-10)7-17(21)20-15-8-12(18)3-5-14(15)19/h2-6,8-9H,7H2,1H3,(H,20,21). The van der Waals surface area contributed by atoms with Gasteiger partial charge in [-0.15, -0.1) is 0 Å². The molecule has 5 heteroatoms. The van der Waals surface area contributed by atoms with Crippen LogP contribution in [0, 0.1) is 12.7 Å². The molecule has 2 aromatic carbocycles. The molecule has 1 aromatic heterocycles. The first kappa shape index (κ1) is 14.6. The van der Waals surface area contributed by atoms with Gasteiger partial charge in [0.05, 0.1) is 18.4 Å². The summed E-state index contributed by atoms with van der Waals surface area (Å²) in [6.45, 7) is 1.97. The van der Waals surface area contributed by atoms with Crippen LogP contribution >= 0.6 is 11.6 Å². The quantitative estimate of drug-likeness (QED) is 0.759. The summed E-state index contributed by atoms with van der Waals surface area (Å²) in [5.74, 6) is -0.852. The number of halogens is 2. The Labute approximate surface area is 131 Å². The molecule has 0 saturated carbocycles. The highest BCUT2D eigenvalue weighted by molar-refractivity contribution is 6.30. The normalized spacial score (nSPS) is 10.9. The molecule has 0 aliphatic carbocycles. The molecular weight excluding hydrogens is 305 g/mol. The Morgan fingerprint density at radius 1 is 1.27 bits per heavy atom. The maximum absolute atomic E-state index is 13.6. The van der Waals surface area contributed by atoms with Crippen molar-refractivity contribution in [2.24, 2.45) is 0 Å². The van der Waals surface area contributed by atoms with Crippen molar-refractivity contribution < 1.29 is 13.6 Å². The molecule has 1 N–H and O–H groups in total. The van der Waals surface area contributed by atoms with Crippen molar-refractivity contribution in [2.75, 3.05) is 5.32 Å². The molecule has 3 rings (SSSR count). The van der Waals surface area contributed by atoms with Crippen LogP contribution in [0.4, 0.5) is 10.1 Å². The number of carbonyl (C=O) groups is 1. The zero-order chi connectivity index (χ0) is 15.7. The summed E-state index contributed by atoms with van der Waals surface area (Å²) in [6, 6.07) is 9.80. The predicted octanol–water partition coefficient (Wildman–Crippen LogP) is 4.71. The largest absolute Gasteiger partial charge is 0.464 e. The van der Waals surface area contributed by atoms with Crippen LogP contribution in [0.1, 0.15) is 11.1 Å². The fraction of sp³-hybridized carbons (Fsp3) is 0.118. The van der Waals surface area contributed by atoms with Gasteiger partial charge in [-0.2, -0.15) is 0 Å². The van der Waals surface area contributed by atoms with Gasteiger partial charge in [-0.1, -0.05) is 23.7 Å². The fourth-order valence-corrected chi connectivity index (χ4v) is 2.46. The lowest BCUT2D eigenvalue weighted by Gasteiger charge is -2.06. The monoisotopic (exact) mass is 317 g/mol. The van der Waals surface area contributed by atoms with Crippen molar-refractivity contribution in [1.82, 2.24) is 0 Å². The van der Waals surface area contributed by atoms with E-state index in [0.29, 0.717) is 5.02 Å². The first-order valence-corrected chi connectivity index (χ1v) is 7.12. The van der Waals surface area contributed by atoms with Crippen molar-refractivity contribution in [3.63, 3.8) is 0 Å². The minimum Gasteiger partial charge on any atom is -0.464 e. The molecule has 22 heavy (non-hydrogen) atoms. The number of hydrogen-bond donors (Lipinski definition) is 1. The molecule has 0 bridgehead atoms. The van der Waals surface area contributed by atoms with Gasteiger partial charge in [-0.05, 0) is 36.8 Å². The van der Waals surface area contributed by atoms with Crippen LogP contribution in [0.5, 0.6) is 0 Å². The van der Waals surface area contributed by atoms with Crippen LogP contribution in [0.3, 0.4) is 0 Å². The van der Waals surface area contributed by atoms with Gasteiger partial charge >= 0.3 is 0 Å². The van der Waals surface area contributed by atoms with Crippen LogP contribution in [0.2, 0.25) is 5.02 Å². The molecular formula is C17H13ClFNO2. The van der Waals surface area contributed by atoms with Gasteiger partial charge in [0.2, 0.25) is 5.91 Å². The lowest BCUT2D eigenvalue weighted by molar-refractivity contribution is -0.115. The summed E-state index contributed by atoms with van der Waals surface area (Å²) >= 11 is 5.80. The molecule has 0 fully saturated rings. The lowest BCUT2D eigenvalue weighted by atomic mass is 10.1. The van der Waals surface area contributed by atoms with E-state index in [1.165, 1.54) is 18.2 Å². The summed E-state index contributed by atoms with van der Waals surface area (Å²) < 4.78 is 19.1. The number of fused-ring (bicyclic) bond motifs is 1. The van der Waals surface area contributed by atoms with Crippen molar-refractivity contribution >= 4 is 34.2 Å². The number of anilines is 1. The van der Waals surface area contributed by atoms with Crippen molar-refractivity contribution in [2.45, 2.75) is 13.3 Å². The first-order valence-electron chi connectivity index (χ1n) is 6.74. The Morgan fingerprint density at radius 3 is 2.91 bits per heavy atom. The second-order valence-corrected chi connectivity index (χ2v) is 5.55. The maximum atomic E-state index is 13.6. The van der Waals surface area contributed by atoms with E-state index in [2.05, 4.69) is 5.32 Å². The SMILES string of the molecule is Cc1ccc2c(CC(=O)Nc3cc(Cl)ccc3F)coc2c1. The summed E-state index contributed by atoms with van der Waals surface area (Å²) in [6.07, 6.45) is 1.65. The Kier molecular flexibility index (Phi) is 3.86. The molecule has 0 spiro atoms. The minimum absolute atomic E-state index is 0.0705. The highest BCUT2D eigenvalue weighted by Crippen LogP contribution is 2.24. The molecule has 3 aromatic rings. The Bertz CT molecular complexity index is 857. The van der Waals surface area contributed by atoms with Gasteiger partial charge in [-0.25, -0.2) is 4.39 Å². The van der Waals surface area contributed by atoms with Gasteiger partial charge < -0.3 is 9.73 Å². The smallest absolute Gasteiger partial charge is 0.229 e. The molecule has 1 heterocycles. The second kappa shape index (κ2) is 5.81. The number of carbonyl (C=O) groups excluding carboxylic acids is 1. The molecule has 0 atom stereocenters. The van der Waals surface area contributed by atoms with Crippen molar-refractivity contribution in [3.8, 4) is 0 Å². The lowest BCUT2D eigenvalue weighted by Crippen LogP contribution is -2.15. The molecule has 1 amide bonds. The molecule has 3 nitrogen and oxygen atoms in total. The minimum atomic E-state index is -0.523. The highest BCUT2D eigenvalue weighted by atomic mass is 35.5. The Hall–Kier alpha value is -2.33. The summed E-state index contributed by atoms with van der Waals surface area (Å²) in [5, 5.41) is 3.77. The third-order valence-corrected chi connectivity index (χ3v) is 3.60. The Morgan fingerprint density at radius 2 is 2.09 bits per heavy atom. The number of aryl methyl sites for hydroxylation is 1. The second-order valence-electron chi connectivity index (χ2n) is 5.11. The van der Waals surface area contributed by atoms with Crippen molar-refractivity contribution in [1.29, 1.82) is 0 Å². The summed E-state index contributed by atoms with van der Waals surface area (Å²) in [5.41, 5.74) is 2.65. The highest BCUT2D eigenvalue weighted by Gasteiger charge is 2.12. The molecule has 0 aliphatic heterocycles. The third-order valence-electron chi connectivity index (χ3n) is 3.36. The van der Waals surface area contributed by atoms with Gasteiger partial charge in [-0.3, -0.25) is 4.79 Å². The molecule has 0 aliphatic rings. The number of nitrogens with one attached hydrogen (secondary N) is 1. The van der Waals surface area contributed by atoms with E-state index < -0.39 is 5.82 Å². The van der Waals surface area contributed by atoms with E-state index in [4.69, 9.17) is 16.0 Å². The predicted molar refractivity (Wildman–Crippen MR) is 84.7 cm³/mol.